The van der Waals surface area contributed by atoms with Crippen LogP contribution in [0.15, 0.2) is 18.0 Å². The predicted octanol–water partition coefficient (Wildman–Crippen LogP) is 4.06. The molecule has 0 bridgehead atoms. The monoisotopic (exact) mass is 596 g/mol. The Hall–Kier alpha value is -4.36. The molecule has 5 amide bonds. The number of hydrogen-bond donors (Lipinski definition) is 4. The molecule has 2 aromatic rings. The fraction of sp³-hybridized carbons (Fsp3) is 0.586. The Morgan fingerprint density at radius 1 is 0.977 bits per heavy atom. The van der Waals surface area contributed by atoms with E-state index in [1.54, 1.807) is 15.5 Å². The highest BCUT2D eigenvalue weighted by molar-refractivity contribution is 6.14. The molecule has 4 N–H and O–H groups in total. The molecule has 1 saturated heterocycles. The van der Waals surface area contributed by atoms with E-state index in [2.05, 4.69) is 26.4 Å². The minimum atomic E-state index is -0.697. The summed E-state index contributed by atoms with van der Waals surface area (Å²) in [6.45, 7) is 11.0. The van der Waals surface area contributed by atoms with Crippen LogP contribution < -0.4 is 26.2 Å². The summed E-state index contributed by atoms with van der Waals surface area (Å²) in [6, 6.07) is 1.21. The largest absolute Gasteiger partial charge is 0.444 e. The molecule has 5 rings (SSSR count). The number of ether oxygens (including phenoxy) is 2. The molecule has 14 heteroatoms. The molecule has 2 saturated carbocycles. The first-order chi connectivity index (χ1) is 20.1. The zero-order chi connectivity index (χ0) is 31.1. The first-order valence-corrected chi connectivity index (χ1v) is 14.7. The van der Waals surface area contributed by atoms with Gasteiger partial charge in [0.25, 0.3) is 5.91 Å². The van der Waals surface area contributed by atoms with Crippen molar-refractivity contribution in [3.05, 3.63) is 23.5 Å². The number of aromatic nitrogens is 3. The minimum Gasteiger partial charge on any atom is -0.444 e. The smallest absolute Gasteiger partial charge is 0.416 e. The second-order valence-corrected chi connectivity index (χ2v) is 13.2. The van der Waals surface area contributed by atoms with Gasteiger partial charge in [0.1, 0.15) is 28.5 Å². The highest BCUT2D eigenvalue weighted by Gasteiger charge is 2.39. The molecule has 43 heavy (non-hydrogen) atoms. The summed E-state index contributed by atoms with van der Waals surface area (Å²) in [6.07, 6.45) is 6.87. The van der Waals surface area contributed by atoms with Crippen molar-refractivity contribution in [1.29, 1.82) is 0 Å². The molecule has 2 aliphatic carbocycles. The summed E-state index contributed by atoms with van der Waals surface area (Å²) in [5.41, 5.74) is -0.298. The van der Waals surface area contributed by atoms with Crippen molar-refractivity contribution in [2.45, 2.75) is 109 Å². The van der Waals surface area contributed by atoms with Crippen molar-refractivity contribution in [1.82, 2.24) is 30.5 Å². The van der Waals surface area contributed by atoms with Gasteiger partial charge >= 0.3 is 18.2 Å². The third-order valence-electron chi connectivity index (χ3n) is 7.05. The number of alkyl carbamates (subject to hydrolysis) is 1. The van der Waals surface area contributed by atoms with Crippen molar-refractivity contribution in [2.24, 2.45) is 0 Å². The zero-order valence-corrected chi connectivity index (χ0v) is 25.4. The van der Waals surface area contributed by atoms with Gasteiger partial charge in [0, 0.05) is 29.8 Å². The summed E-state index contributed by atoms with van der Waals surface area (Å²) < 4.78 is 12.7. The highest BCUT2D eigenvalue weighted by Crippen LogP contribution is 2.35. The summed E-state index contributed by atoms with van der Waals surface area (Å²) in [5.74, 6) is 0.457. The fourth-order valence-corrected chi connectivity index (χ4v) is 5.09. The van der Waals surface area contributed by atoms with Crippen molar-refractivity contribution >= 4 is 47.5 Å². The normalized spacial score (nSPS) is 21.8. The van der Waals surface area contributed by atoms with Gasteiger partial charge in [-0.2, -0.15) is 9.61 Å². The first-order valence-electron chi connectivity index (χ1n) is 14.7. The molecule has 232 valence electrons. The minimum absolute atomic E-state index is 0.0113. The maximum atomic E-state index is 13.4. The lowest BCUT2D eigenvalue weighted by atomic mass is 9.91. The van der Waals surface area contributed by atoms with E-state index in [-0.39, 0.29) is 23.8 Å². The number of urea groups is 1. The molecule has 0 unspecified atom stereocenters. The van der Waals surface area contributed by atoms with E-state index < -0.39 is 35.3 Å². The SMILES string of the molecule is CC(C)(C)OC(=O)NC1CCC(Nc2cc(N(C(=O)OC(C)(C)C)C3CC3)n3ncc(/C=C4\NC(=O)NC4=O)c3n2)CC1. The van der Waals surface area contributed by atoms with E-state index in [0.717, 1.165) is 38.5 Å². The van der Waals surface area contributed by atoms with Gasteiger partial charge in [-0.05, 0) is 86.1 Å². The Balaban J connectivity index is 1.42. The number of amides is 5. The molecule has 0 radical (unpaired) electrons. The second-order valence-electron chi connectivity index (χ2n) is 13.2. The number of hydrogen-bond acceptors (Lipinski definition) is 9. The molecular formula is C29H40N8O6. The summed E-state index contributed by atoms with van der Waals surface area (Å²) in [4.78, 5) is 56.0. The lowest BCUT2D eigenvalue weighted by molar-refractivity contribution is -0.115. The van der Waals surface area contributed by atoms with Crippen LogP contribution in [0.5, 0.6) is 0 Å². The number of carbonyl (C=O) groups excluding carboxylic acids is 4. The molecule has 2 aromatic heterocycles. The van der Waals surface area contributed by atoms with Gasteiger partial charge in [0.2, 0.25) is 0 Å². The van der Waals surface area contributed by atoms with Gasteiger partial charge in [-0.3, -0.25) is 15.0 Å². The standard InChI is InChI=1S/C29H40N8O6/c1-28(2,3)42-26(40)32-18-9-7-17(8-10-18)31-21-14-22(36(19-11-12-19)27(41)43-29(4,5)6)37-23(34-21)16(15-30-37)13-20-24(38)35-25(39)33-20/h13-15,17-19H,7-12H2,1-6H3,(H,31,34)(H,32,40)(H2,33,35,38,39)/b20-13-. The molecule has 0 spiro atoms. The van der Waals surface area contributed by atoms with Crippen LogP contribution >= 0.6 is 0 Å². The Labute approximate surface area is 249 Å². The molecule has 0 atom stereocenters. The van der Waals surface area contributed by atoms with E-state index in [1.807, 2.05) is 41.5 Å². The van der Waals surface area contributed by atoms with Crippen LogP contribution in [0.1, 0.15) is 85.6 Å². The van der Waals surface area contributed by atoms with Gasteiger partial charge < -0.3 is 25.4 Å². The lowest BCUT2D eigenvalue weighted by Crippen LogP contribution is -2.42. The fourth-order valence-electron chi connectivity index (χ4n) is 5.09. The first kappa shape index (κ1) is 30.1. The molecule has 14 nitrogen and oxygen atoms in total. The number of anilines is 2. The van der Waals surface area contributed by atoms with Crippen LogP contribution in [0.4, 0.5) is 26.0 Å². The lowest BCUT2D eigenvalue weighted by Gasteiger charge is -2.31. The van der Waals surface area contributed by atoms with E-state index in [1.165, 1.54) is 12.3 Å². The molecule has 3 heterocycles. The van der Waals surface area contributed by atoms with Crippen LogP contribution in [0.25, 0.3) is 11.7 Å². The summed E-state index contributed by atoms with van der Waals surface area (Å²) in [5, 5.41) is 15.6. The Morgan fingerprint density at radius 2 is 1.63 bits per heavy atom. The molecule has 0 aromatic carbocycles. The topological polar surface area (TPSA) is 168 Å². The average molecular weight is 597 g/mol. The van der Waals surface area contributed by atoms with Crippen LogP contribution in [-0.4, -0.2) is 68.1 Å². The maximum absolute atomic E-state index is 13.4. The van der Waals surface area contributed by atoms with Crippen molar-refractivity contribution < 1.29 is 28.7 Å². The number of fused-ring (bicyclic) bond motifs is 1. The van der Waals surface area contributed by atoms with E-state index in [0.29, 0.717) is 22.8 Å². The predicted molar refractivity (Wildman–Crippen MR) is 158 cm³/mol. The second kappa shape index (κ2) is 11.4. The van der Waals surface area contributed by atoms with E-state index >= 15 is 0 Å². The van der Waals surface area contributed by atoms with Crippen LogP contribution in [0, 0.1) is 0 Å². The Bertz CT molecular complexity index is 1460. The van der Waals surface area contributed by atoms with E-state index in [4.69, 9.17) is 14.5 Å². The van der Waals surface area contributed by atoms with Gasteiger partial charge in [-0.15, -0.1) is 0 Å². The number of carbonyl (C=O) groups is 4. The third-order valence-corrected chi connectivity index (χ3v) is 7.05. The molecule has 3 aliphatic rings. The number of imide groups is 1. The molecule has 1 aliphatic heterocycles. The summed E-state index contributed by atoms with van der Waals surface area (Å²) >= 11 is 0. The van der Waals surface area contributed by atoms with Gasteiger partial charge in [0.05, 0.1) is 6.20 Å². The van der Waals surface area contributed by atoms with Gasteiger partial charge in [-0.25, -0.2) is 19.4 Å². The van der Waals surface area contributed by atoms with Gasteiger partial charge in [0.15, 0.2) is 5.65 Å². The van der Waals surface area contributed by atoms with E-state index in [9.17, 15) is 19.2 Å². The van der Waals surface area contributed by atoms with Gasteiger partial charge in [-0.1, -0.05) is 0 Å². The molecular weight excluding hydrogens is 556 g/mol. The average Bonchev–Trinajstić information content (AvgIpc) is 3.54. The van der Waals surface area contributed by atoms with Crippen molar-refractivity contribution in [2.75, 3.05) is 10.2 Å². The van der Waals surface area contributed by atoms with Crippen LogP contribution in [-0.2, 0) is 14.3 Å². The number of rotatable bonds is 6. The van der Waals surface area contributed by atoms with Crippen LogP contribution in [0.3, 0.4) is 0 Å². The molecule has 3 fully saturated rings. The quantitative estimate of drug-likeness (QED) is 0.284. The number of nitrogens with zero attached hydrogens (tertiary/aromatic N) is 4. The zero-order valence-electron chi connectivity index (χ0n) is 25.4. The maximum Gasteiger partial charge on any atom is 0.416 e. The van der Waals surface area contributed by atoms with Crippen molar-refractivity contribution in [3.8, 4) is 0 Å². The summed E-state index contributed by atoms with van der Waals surface area (Å²) in [7, 11) is 0. The Morgan fingerprint density at radius 3 is 2.21 bits per heavy atom. The third kappa shape index (κ3) is 7.54. The van der Waals surface area contributed by atoms with Crippen LogP contribution in [0.2, 0.25) is 0 Å². The highest BCUT2D eigenvalue weighted by atomic mass is 16.6. The Kier molecular flexibility index (Phi) is 7.97. The number of nitrogens with one attached hydrogen (secondary N) is 4. The van der Waals surface area contributed by atoms with Crippen molar-refractivity contribution in [3.63, 3.8) is 0 Å².